The third-order valence-corrected chi connectivity index (χ3v) is 3.48. The first-order valence-electron chi connectivity index (χ1n) is 5.60. The standard InChI is InChI=1S/C13H18ClNO2/c1-8(2)9(3)15(4)10-5-6-11(13(16)17)12(14)7-10/h5-9H,1-4H3,(H,16,17). The normalized spacial score (nSPS) is 12.6. The molecule has 0 aliphatic carbocycles. The maximum Gasteiger partial charge on any atom is 0.337 e. The lowest BCUT2D eigenvalue weighted by Gasteiger charge is -2.30. The number of anilines is 1. The predicted octanol–water partition coefficient (Wildman–Crippen LogP) is 3.52. The molecule has 1 unspecified atom stereocenters. The number of hydrogen-bond acceptors (Lipinski definition) is 2. The molecule has 94 valence electrons. The van der Waals surface area contributed by atoms with E-state index in [2.05, 4.69) is 25.7 Å². The molecular weight excluding hydrogens is 238 g/mol. The summed E-state index contributed by atoms with van der Waals surface area (Å²) in [4.78, 5) is 12.9. The minimum Gasteiger partial charge on any atom is -0.478 e. The van der Waals surface area contributed by atoms with Gasteiger partial charge in [0.1, 0.15) is 0 Å². The van der Waals surface area contributed by atoms with Crippen molar-refractivity contribution in [1.82, 2.24) is 0 Å². The molecule has 0 saturated carbocycles. The van der Waals surface area contributed by atoms with E-state index in [4.69, 9.17) is 16.7 Å². The first-order valence-corrected chi connectivity index (χ1v) is 5.98. The number of aromatic carboxylic acids is 1. The molecule has 1 rings (SSSR count). The molecule has 0 aliphatic rings. The Morgan fingerprint density at radius 2 is 1.94 bits per heavy atom. The quantitative estimate of drug-likeness (QED) is 0.895. The molecule has 0 saturated heterocycles. The Morgan fingerprint density at radius 3 is 2.35 bits per heavy atom. The van der Waals surface area contributed by atoms with Gasteiger partial charge in [0.25, 0.3) is 0 Å². The lowest BCUT2D eigenvalue weighted by molar-refractivity contribution is 0.0697. The van der Waals surface area contributed by atoms with Crippen LogP contribution in [0.4, 0.5) is 5.69 Å². The van der Waals surface area contributed by atoms with Crippen molar-refractivity contribution in [1.29, 1.82) is 0 Å². The first-order chi connectivity index (χ1) is 7.84. The number of hydrogen-bond donors (Lipinski definition) is 1. The highest BCUT2D eigenvalue weighted by Crippen LogP contribution is 2.25. The van der Waals surface area contributed by atoms with Crippen LogP contribution in [0.2, 0.25) is 5.02 Å². The average molecular weight is 256 g/mol. The number of nitrogens with zero attached hydrogens (tertiary/aromatic N) is 1. The molecule has 3 nitrogen and oxygen atoms in total. The zero-order valence-electron chi connectivity index (χ0n) is 10.6. The van der Waals surface area contributed by atoms with Gasteiger partial charge in [-0.05, 0) is 31.0 Å². The highest BCUT2D eigenvalue weighted by molar-refractivity contribution is 6.33. The summed E-state index contributed by atoms with van der Waals surface area (Å²) < 4.78 is 0. The van der Waals surface area contributed by atoms with Crippen molar-refractivity contribution in [2.45, 2.75) is 26.8 Å². The molecule has 0 spiro atoms. The van der Waals surface area contributed by atoms with Crippen LogP contribution in [0.25, 0.3) is 0 Å². The Morgan fingerprint density at radius 1 is 1.35 bits per heavy atom. The molecule has 17 heavy (non-hydrogen) atoms. The van der Waals surface area contributed by atoms with E-state index in [-0.39, 0.29) is 10.6 Å². The van der Waals surface area contributed by atoms with Crippen LogP contribution in [-0.4, -0.2) is 24.2 Å². The maximum atomic E-state index is 10.8. The third kappa shape index (κ3) is 3.13. The van der Waals surface area contributed by atoms with Crippen molar-refractivity contribution in [3.8, 4) is 0 Å². The van der Waals surface area contributed by atoms with E-state index in [9.17, 15) is 4.79 Å². The maximum absolute atomic E-state index is 10.8. The van der Waals surface area contributed by atoms with Gasteiger partial charge >= 0.3 is 5.97 Å². The number of carbonyl (C=O) groups is 1. The Hall–Kier alpha value is -1.22. The van der Waals surface area contributed by atoms with Crippen LogP contribution < -0.4 is 4.90 Å². The summed E-state index contributed by atoms with van der Waals surface area (Å²) in [5.41, 5.74) is 1.07. The van der Waals surface area contributed by atoms with Crippen LogP contribution in [-0.2, 0) is 0 Å². The number of halogens is 1. The molecule has 4 heteroatoms. The van der Waals surface area contributed by atoms with E-state index in [0.717, 1.165) is 5.69 Å². The second-order valence-corrected chi connectivity index (χ2v) is 4.97. The molecule has 1 N–H and O–H groups in total. The monoisotopic (exact) mass is 255 g/mol. The Bertz CT molecular complexity index is 418. The number of carboxylic acid groups (broad SMARTS) is 1. The van der Waals surface area contributed by atoms with Crippen LogP contribution in [0.5, 0.6) is 0 Å². The van der Waals surface area contributed by atoms with Crippen molar-refractivity contribution >= 4 is 23.3 Å². The molecular formula is C13H18ClNO2. The van der Waals surface area contributed by atoms with E-state index in [0.29, 0.717) is 12.0 Å². The molecule has 0 amide bonds. The molecule has 0 bridgehead atoms. The first kappa shape index (κ1) is 13.8. The zero-order chi connectivity index (χ0) is 13.2. The number of carboxylic acids is 1. The minimum absolute atomic E-state index is 0.140. The summed E-state index contributed by atoms with van der Waals surface area (Å²) in [5, 5.41) is 9.17. The molecule has 1 aromatic rings. The smallest absolute Gasteiger partial charge is 0.337 e. The van der Waals surface area contributed by atoms with Crippen LogP contribution in [0.15, 0.2) is 18.2 Å². The topological polar surface area (TPSA) is 40.5 Å². The summed E-state index contributed by atoms with van der Waals surface area (Å²) in [6.07, 6.45) is 0. The van der Waals surface area contributed by atoms with Crippen LogP contribution >= 0.6 is 11.6 Å². The Balaban J connectivity index is 3.01. The van der Waals surface area contributed by atoms with E-state index in [1.807, 2.05) is 7.05 Å². The minimum atomic E-state index is -0.999. The number of rotatable bonds is 4. The highest BCUT2D eigenvalue weighted by Gasteiger charge is 2.16. The Labute approximate surface area is 107 Å². The summed E-state index contributed by atoms with van der Waals surface area (Å²) in [7, 11) is 1.98. The zero-order valence-corrected chi connectivity index (χ0v) is 11.3. The largest absolute Gasteiger partial charge is 0.478 e. The fraction of sp³-hybridized carbons (Fsp3) is 0.462. The van der Waals surface area contributed by atoms with Gasteiger partial charge in [0.05, 0.1) is 10.6 Å². The number of benzene rings is 1. The predicted molar refractivity (Wildman–Crippen MR) is 71.1 cm³/mol. The Kier molecular flexibility index (Phi) is 4.40. The third-order valence-electron chi connectivity index (χ3n) is 3.17. The summed E-state index contributed by atoms with van der Waals surface area (Å²) in [6.45, 7) is 6.42. The summed E-state index contributed by atoms with van der Waals surface area (Å²) >= 11 is 5.95. The average Bonchev–Trinajstić information content (AvgIpc) is 2.26. The van der Waals surface area contributed by atoms with Crippen molar-refractivity contribution < 1.29 is 9.90 Å². The van der Waals surface area contributed by atoms with Gasteiger partial charge in [-0.25, -0.2) is 4.79 Å². The molecule has 0 heterocycles. The molecule has 0 radical (unpaired) electrons. The van der Waals surface area contributed by atoms with Gasteiger partial charge in [-0.15, -0.1) is 0 Å². The molecule has 1 atom stereocenters. The van der Waals surface area contributed by atoms with Gasteiger partial charge in [-0.3, -0.25) is 0 Å². The molecule has 0 fully saturated rings. The lowest BCUT2D eigenvalue weighted by atomic mass is 10.0. The van der Waals surface area contributed by atoms with Crippen molar-refractivity contribution in [2.75, 3.05) is 11.9 Å². The second kappa shape index (κ2) is 5.41. The van der Waals surface area contributed by atoms with E-state index in [1.165, 1.54) is 0 Å². The van der Waals surface area contributed by atoms with Crippen molar-refractivity contribution in [3.63, 3.8) is 0 Å². The molecule has 1 aromatic carbocycles. The van der Waals surface area contributed by atoms with E-state index < -0.39 is 5.97 Å². The fourth-order valence-electron chi connectivity index (χ4n) is 1.58. The lowest BCUT2D eigenvalue weighted by Crippen LogP contribution is -2.33. The second-order valence-electron chi connectivity index (χ2n) is 4.56. The molecule has 0 aromatic heterocycles. The summed E-state index contributed by atoms with van der Waals surface area (Å²) in [5.74, 6) is -0.487. The fourth-order valence-corrected chi connectivity index (χ4v) is 1.83. The van der Waals surface area contributed by atoms with Crippen LogP contribution in [0.3, 0.4) is 0 Å². The van der Waals surface area contributed by atoms with Gasteiger partial charge in [0, 0.05) is 18.8 Å². The van der Waals surface area contributed by atoms with E-state index in [1.54, 1.807) is 18.2 Å². The van der Waals surface area contributed by atoms with Gasteiger partial charge in [-0.2, -0.15) is 0 Å². The van der Waals surface area contributed by atoms with Crippen LogP contribution in [0, 0.1) is 5.92 Å². The highest BCUT2D eigenvalue weighted by atomic mass is 35.5. The molecule has 0 aliphatic heterocycles. The van der Waals surface area contributed by atoms with Crippen molar-refractivity contribution in [2.24, 2.45) is 5.92 Å². The van der Waals surface area contributed by atoms with Gasteiger partial charge < -0.3 is 10.0 Å². The van der Waals surface area contributed by atoms with Crippen LogP contribution in [0.1, 0.15) is 31.1 Å². The van der Waals surface area contributed by atoms with Gasteiger partial charge in [0.15, 0.2) is 0 Å². The SMILES string of the molecule is CC(C)C(C)N(C)c1ccc(C(=O)O)c(Cl)c1. The van der Waals surface area contributed by atoms with E-state index >= 15 is 0 Å². The van der Waals surface area contributed by atoms with Gasteiger partial charge in [0.2, 0.25) is 0 Å². The van der Waals surface area contributed by atoms with Gasteiger partial charge in [-0.1, -0.05) is 25.4 Å². The van der Waals surface area contributed by atoms with Crippen molar-refractivity contribution in [3.05, 3.63) is 28.8 Å². The summed E-state index contributed by atoms with van der Waals surface area (Å²) in [6, 6.07) is 5.39.